The van der Waals surface area contributed by atoms with E-state index in [1.165, 1.54) is 10.4 Å². The summed E-state index contributed by atoms with van der Waals surface area (Å²) in [6, 6.07) is 10.5. The number of H-pyrrole nitrogens is 2. The molecule has 0 unspecified atom stereocenters. The normalized spacial score (nSPS) is 12.1. The summed E-state index contributed by atoms with van der Waals surface area (Å²) < 4.78 is 0. The minimum Gasteiger partial charge on any atom is -0.340 e. The number of thiophene rings is 1. The summed E-state index contributed by atoms with van der Waals surface area (Å²) in [6.07, 6.45) is 9.70. The Morgan fingerprint density at radius 2 is 1.97 bits per heavy atom. The van der Waals surface area contributed by atoms with Gasteiger partial charge in [-0.1, -0.05) is 18.7 Å². The van der Waals surface area contributed by atoms with E-state index in [4.69, 9.17) is 9.97 Å². The molecule has 0 bridgehead atoms. The lowest BCUT2D eigenvalue weighted by Gasteiger charge is -2.09. The number of aromatic nitrogens is 6. The van der Waals surface area contributed by atoms with Gasteiger partial charge in [0.25, 0.3) is 0 Å². The van der Waals surface area contributed by atoms with Gasteiger partial charge in [-0.3, -0.25) is 10.1 Å². The standard InChI is InChI=1S/C29H31N7S/c1-6-8-22(25-13-10-18(2)37-25)26-19(3)31-29(33-26)28-27-24(34-35-28)12-11-23(32-27)21-15-20(16-30-17-21)9-7-14-36(4)5/h6,8,10-13,15-17H,1,7,9,14H2,2-5H3,(H,31,33)(H,34,35)/b22-8-. The first-order chi connectivity index (χ1) is 17.9. The fourth-order valence-electron chi connectivity index (χ4n) is 4.40. The SMILES string of the molecule is C=C/C=C(/c1ccc(C)s1)c1nc(-c2n[nH]c3ccc(-c4cncc(CCCN(C)C)c4)nc23)[nH]c1C. The summed E-state index contributed by atoms with van der Waals surface area (Å²) in [4.78, 5) is 22.5. The van der Waals surface area contributed by atoms with Gasteiger partial charge in [-0.2, -0.15) is 5.10 Å². The van der Waals surface area contributed by atoms with Crippen LogP contribution < -0.4 is 0 Å². The Morgan fingerprint density at radius 3 is 2.73 bits per heavy atom. The molecule has 8 heteroatoms. The van der Waals surface area contributed by atoms with Crippen molar-refractivity contribution in [1.29, 1.82) is 0 Å². The van der Waals surface area contributed by atoms with Crippen LogP contribution in [0.4, 0.5) is 0 Å². The Bertz CT molecular complexity index is 1580. The Morgan fingerprint density at radius 1 is 1.11 bits per heavy atom. The Balaban J connectivity index is 1.50. The third-order valence-corrected chi connectivity index (χ3v) is 7.26. The number of aryl methyl sites for hydroxylation is 3. The molecule has 0 atom stereocenters. The molecular weight excluding hydrogens is 478 g/mol. The molecule has 0 saturated carbocycles. The molecule has 5 aromatic rings. The molecule has 0 fully saturated rings. The van der Waals surface area contributed by atoms with Gasteiger partial charge in [0.05, 0.1) is 16.9 Å². The summed E-state index contributed by atoms with van der Waals surface area (Å²) in [5.41, 5.74) is 8.30. The topological polar surface area (TPSA) is 86.4 Å². The first kappa shape index (κ1) is 24.8. The molecule has 2 N–H and O–H groups in total. The van der Waals surface area contributed by atoms with Crippen molar-refractivity contribution in [3.8, 4) is 22.8 Å². The van der Waals surface area contributed by atoms with E-state index in [1.54, 1.807) is 17.4 Å². The van der Waals surface area contributed by atoms with E-state index >= 15 is 0 Å². The van der Waals surface area contributed by atoms with Gasteiger partial charge in [0.1, 0.15) is 5.52 Å². The number of hydrogen-bond acceptors (Lipinski definition) is 6. The molecule has 0 saturated heterocycles. The monoisotopic (exact) mass is 509 g/mol. The van der Waals surface area contributed by atoms with Gasteiger partial charge in [0, 0.05) is 39.0 Å². The summed E-state index contributed by atoms with van der Waals surface area (Å²) in [7, 11) is 4.19. The van der Waals surface area contributed by atoms with Crippen molar-refractivity contribution in [2.24, 2.45) is 0 Å². The van der Waals surface area contributed by atoms with Crippen LogP contribution in [0.1, 0.15) is 33.1 Å². The van der Waals surface area contributed by atoms with Gasteiger partial charge in [-0.05, 0) is 83.2 Å². The number of imidazole rings is 1. The first-order valence-corrected chi connectivity index (χ1v) is 13.2. The Labute approximate surface area is 221 Å². The molecule has 188 valence electrons. The molecule has 0 aliphatic heterocycles. The van der Waals surface area contributed by atoms with E-state index in [-0.39, 0.29) is 0 Å². The molecule has 0 spiro atoms. The van der Waals surface area contributed by atoms with Crippen molar-refractivity contribution in [3.05, 3.63) is 88.2 Å². The lowest BCUT2D eigenvalue weighted by molar-refractivity contribution is 0.400. The van der Waals surface area contributed by atoms with Gasteiger partial charge < -0.3 is 9.88 Å². The minimum absolute atomic E-state index is 0.683. The van der Waals surface area contributed by atoms with Crippen LogP contribution in [0.15, 0.2) is 61.5 Å². The zero-order valence-electron chi connectivity index (χ0n) is 21.7. The van der Waals surface area contributed by atoms with Gasteiger partial charge >= 0.3 is 0 Å². The van der Waals surface area contributed by atoms with Crippen LogP contribution in [0, 0.1) is 13.8 Å². The Hall–Kier alpha value is -3.88. The highest BCUT2D eigenvalue weighted by Gasteiger charge is 2.19. The maximum absolute atomic E-state index is 4.98. The molecule has 0 amide bonds. The van der Waals surface area contributed by atoms with Crippen molar-refractivity contribution in [2.75, 3.05) is 20.6 Å². The van der Waals surface area contributed by atoms with E-state index in [0.29, 0.717) is 11.5 Å². The summed E-state index contributed by atoms with van der Waals surface area (Å²) in [5, 5.41) is 7.68. The van der Waals surface area contributed by atoms with Crippen LogP contribution in [0.3, 0.4) is 0 Å². The molecule has 5 rings (SSSR count). The largest absolute Gasteiger partial charge is 0.340 e. The quantitative estimate of drug-likeness (QED) is 0.231. The van der Waals surface area contributed by atoms with E-state index in [1.807, 2.05) is 37.5 Å². The number of nitrogens with one attached hydrogen (secondary N) is 2. The predicted octanol–water partition coefficient (Wildman–Crippen LogP) is 6.20. The van der Waals surface area contributed by atoms with Crippen LogP contribution in [-0.4, -0.2) is 55.7 Å². The summed E-state index contributed by atoms with van der Waals surface area (Å²) in [5.74, 6) is 0.683. The molecule has 5 heterocycles. The van der Waals surface area contributed by atoms with E-state index in [9.17, 15) is 0 Å². The molecule has 0 aliphatic rings. The second-order valence-corrected chi connectivity index (χ2v) is 10.7. The number of nitrogens with zero attached hydrogens (tertiary/aromatic N) is 5. The van der Waals surface area contributed by atoms with Crippen molar-refractivity contribution < 1.29 is 0 Å². The Kier molecular flexibility index (Phi) is 7.12. The van der Waals surface area contributed by atoms with E-state index in [2.05, 4.69) is 70.9 Å². The summed E-state index contributed by atoms with van der Waals surface area (Å²) in [6.45, 7) is 9.10. The molecule has 0 radical (unpaired) electrons. The highest BCUT2D eigenvalue weighted by molar-refractivity contribution is 7.13. The van der Waals surface area contributed by atoms with Crippen LogP contribution in [0.25, 0.3) is 39.4 Å². The number of allylic oxidation sites excluding steroid dienone is 2. The molecule has 0 aromatic carbocycles. The van der Waals surface area contributed by atoms with Crippen LogP contribution >= 0.6 is 11.3 Å². The van der Waals surface area contributed by atoms with Gasteiger partial charge in [-0.25, -0.2) is 9.97 Å². The van der Waals surface area contributed by atoms with E-state index < -0.39 is 0 Å². The fraction of sp³-hybridized carbons (Fsp3) is 0.241. The predicted molar refractivity (Wildman–Crippen MR) is 153 cm³/mol. The van der Waals surface area contributed by atoms with Crippen LogP contribution in [0.2, 0.25) is 0 Å². The molecule has 37 heavy (non-hydrogen) atoms. The lowest BCUT2D eigenvalue weighted by Crippen LogP contribution is -2.13. The number of pyridine rings is 2. The molecule has 5 aromatic heterocycles. The lowest BCUT2D eigenvalue weighted by atomic mass is 10.1. The van der Waals surface area contributed by atoms with Gasteiger partial charge in [-0.15, -0.1) is 11.3 Å². The maximum atomic E-state index is 4.98. The average molecular weight is 510 g/mol. The summed E-state index contributed by atoms with van der Waals surface area (Å²) >= 11 is 1.74. The number of aromatic amines is 2. The smallest absolute Gasteiger partial charge is 0.161 e. The zero-order chi connectivity index (χ0) is 25.9. The third-order valence-electron chi connectivity index (χ3n) is 6.22. The number of hydrogen-bond donors (Lipinski definition) is 2. The zero-order valence-corrected chi connectivity index (χ0v) is 22.5. The van der Waals surface area contributed by atoms with Crippen LogP contribution in [-0.2, 0) is 6.42 Å². The van der Waals surface area contributed by atoms with Crippen molar-refractivity contribution in [3.63, 3.8) is 0 Å². The van der Waals surface area contributed by atoms with Crippen molar-refractivity contribution in [1.82, 2.24) is 35.0 Å². The third kappa shape index (κ3) is 5.30. The first-order valence-electron chi connectivity index (χ1n) is 12.3. The number of rotatable bonds is 9. The van der Waals surface area contributed by atoms with Crippen molar-refractivity contribution in [2.45, 2.75) is 26.7 Å². The average Bonchev–Trinajstić information content (AvgIpc) is 3.60. The maximum Gasteiger partial charge on any atom is 0.161 e. The van der Waals surface area contributed by atoms with Crippen molar-refractivity contribution >= 4 is 27.9 Å². The minimum atomic E-state index is 0.683. The highest BCUT2D eigenvalue weighted by Crippen LogP contribution is 2.33. The highest BCUT2D eigenvalue weighted by atomic mass is 32.1. The second-order valence-electron chi connectivity index (χ2n) is 9.44. The molecule has 7 nitrogen and oxygen atoms in total. The van der Waals surface area contributed by atoms with Crippen LogP contribution in [0.5, 0.6) is 0 Å². The second kappa shape index (κ2) is 10.6. The molecule has 0 aliphatic carbocycles. The molecular formula is C29H31N7S. The fourth-order valence-corrected chi connectivity index (χ4v) is 5.29. The van der Waals surface area contributed by atoms with E-state index in [0.717, 1.165) is 63.5 Å². The van der Waals surface area contributed by atoms with Gasteiger partial charge in [0.15, 0.2) is 11.5 Å². The van der Waals surface area contributed by atoms with Gasteiger partial charge in [0.2, 0.25) is 0 Å². The number of fused-ring (bicyclic) bond motifs is 1.